The summed E-state index contributed by atoms with van der Waals surface area (Å²) in [7, 11) is 1.72. The van der Waals surface area contributed by atoms with Gasteiger partial charge in [-0.2, -0.15) is 0 Å². The van der Waals surface area contributed by atoms with Crippen LogP contribution in [0.15, 0.2) is 0 Å². The van der Waals surface area contributed by atoms with Gasteiger partial charge in [0.2, 0.25) is 0 Å². The van der Waals surface area contributed by atoms with Crippen molar-refractivity contribution in [1.29, 1.82) is 0 Å². The fourth-order valence-electron chi connectivity index (χ4n) is 0.762. The number of hydrogen-bond donors (Lipinski definition) is 1. The SMILES string of the molecule is CCC(Br)CCNCCOC. The molecule has 0 saturated heterocycles. The van der Waals surface area contributed by atoms with E-state index >= 15 is 0 Å². The van der Waals surface area contributed by atoms with Gasteiger partial charge in [0.1, 0.15) is 0 Å². The van der Waals surface area contributed by atoms with Gasteiger partial charge in [-0.25, -0.2) is 0 Å². The van der Waals surface area contributed by atoms with Gasteiger partial charge in [-0.3, -0.25) is 0 Å². The van der Waals surface area contributed by atoms with Crippen LogP contribution in [0.1, 0.15) is 19.8 Å². The molecule has 0 fully saturated rings. The summed E-state index contributed by atoms with van der Waals surface area (Å²) >= 11 is 3.57. The summed E-state index contributed by atoms with van der Waals surface area (Å²) in [6.45, 7) is 5.03. The highest BCUT2D eigenvalue weighted by atomic mass is 79.9. The second-order valence-corrected chi connectivity index (χ2v) is 3.83. The first-order chi connectivity index (χ1) is 5.31. The van der Waals surface area contributed by atoms with Gasteiger partial charge in [-0.1, -0.05) is 22.9 Å². The highest BCUT2D eigenvalue weighted by Gasteiger charge is 1.98. The summed E-state index contributed by atoms with van der Waals surface area (Å²) in [5.41, 5.74) is 0. The quantitative estimate of drug-likeness (QED) is 0.525. The van der Waals surface area contributed by atoms with E-state index < -0.39 is 0 Å². The molecule has 0 spiro atoms. The summed E-state index contributed by atoms with van der Waals surface area (Å²) in [5, 5.41) is 3.30. The van der Waals surface area contributed by atoms with Gasteiger partial charge in [0.25, 0.3) is 0 Å². The Morgan fingerprint density at radius 1 is 1.45 bits per heavy atom. The molecule has 0 aromatic carbocycles. The number of ether oxygens (including phenoxy) is 1. The summed E-state index contributed by atoms with van der Waals surface area (Å²) in [6, 6.07) is 0. The van der Waals surface area contributed by atoms with Crippen molar-refractivity contribution in [3.8, 4) is 0 Å². The number of methoxy groups -OCH3 is 1. The van der Waals surface area contributed by atoms with E-state index in [-0.39, 0.29) is 0 Å². The highest BCUT2D eigenvalue weighted by molar-refractivity contribution is 9.09. The third-order valence-corrected chi connectivity index (χ3v) is 2.67. The zero-order valence-electron chi connectivity index (χ0n) is 7.40. The third kappa shape index (κ3) is 8.30. The number of hydrogen-bond acceptors (Lipinski definition) is 2. The molecule has 0 bridgehead atoms. The zero-order valence-corrected chi connectivity index (χ0v) is 8.99. The Balaban J connectivity index is 2.89. The van der Waals surface area contributed by atoms with E-state index in [1.54, 1.807) is 7.11 Å². The molecular formula is C8H18BrNO. The first kappa shape index (κ1) is 11.4. The maximum absolute atomic E-state index is 4.90. The van der Waals surface area contributed by atoms with Crippen LogP contribution in [0.5, 0.6) is 0 Å². The Hall–Kier alpha value is 0.400. The van der Waals surface area contributed by atoms with E-state index in [1.165, 1.54) is 12.8 Å². The van der Waals surface area contributed by atoms with E-state index in [4.69, 9.17) is 4.74 Å². The fourth-order valence-corrected chi connectivity index (χ4v) is 0.991. The highest BCUT2D eigenvalue weighted by Crippen LogP contribution is 2.07. The molecular weight excluding hydrogens is 206 g/mol. The minimum absolute atomic E-state index is 0.664. The Kier molecular flexibility index (Phi) is 8.81. The lowest BCUT2D eigenvalue weighted by Gasteiger charge is -2.07. The number of rotatable bonds is 7. The van der Waals surface area contributed by atoms with Crippen LogP contribution in [0.3, 0.4) is 0 Å². The second kappa shape index (κ2) is 8.50. The third-order valence-electron chi connectivity index (χ3n) is 1.56. The molecule has 1 atom stereocenters. The number of alkyl halides is 1. The van der Waals surface area contributed by atoms with Crippen molar-refractivity contribution >= 4 is 15.9 Å². The predicted molar refractivity (Wildman–Crippen MR) is 52.4 cm³/mol. The van der Waals surface area contributed by atoms with Crippen molar-refractivity contribution in [2.45, 2.75) is 24.6 Å². The standard InChI is InChI=1S/C8H18BrNO/c1-3-8(9)4-5-10-6-7-11-2/h8,10H,3-7H2,1-2H3. The van der Waals surface area contributed by atoms with E-state index in [9.17, 15) is 0 Å². The summed E-state index contributed by atoms with van der Waals surface area (Å²) in [5.74, 6) is 0. The van der Waals surface area contributed by atoms with Crippen LogP contribution in [0.25, 0.3) is 0 Å². The van der Waals surface area contributed by atoms with Crippen molar-refractivity contribution in [1.82, 2.24) is 5.32 Å². The molecule has 0 heterocycles. The van der Waals surface area contributed by atoms with Crippen molar-refractivity contribution in [2.75, 3.05) is 26.8 Å². The molecule has 2 nitrogen and oxygen atoms in total. The molecule has 68 valence electrons. The number of nitrogens with one attached hydrogen (secondary N) is 1. The van der Waals surface area contributed by atoms with Crippen LogP contribution in [0, 0.1) is 0 Å². The lowest BCUT2D eigenvalue weighted by Crippen LogP contribution is -2.22. The molecule has 3 heteroatoms. The van der Waals surface area contributed by atoms with Crippen LogP contribution >= 0.6 is 15.9 Å². The zero-order chi connectivity index (χ0) is 8.53. The van der Waals surface area contributed by atoms with Gasteiger partial charge in [0.15, 0.2) is 0 Å². The minimum Gasteiger partial charge on any atom is -0.383 e. The van der Waals surface area contributed by atoms with Crippen LogP contribution < -0.4 is 5.32 Å². The van der Waals surface area contributed by atoms with Crippen molar-refractivity contribution < 1.29 is 4.74 Å². The molecule has 0 aliphatic heterocycles. The molecule has 0 rings (SSSR count). The van der Waals surface area contributed by atoms with Gasteiger partial charge in [0.05, 0.1) is 6.61 Å². The Morgan fingerprint density at radius 2 is 2.18 bits per heavy atom. The topological polar surface area (TPSA) is 21.3 Å². The summed E-state index contributed by atoms with van der Waals surface area (Å²) < 4.78 is 4.90. The minimum atomic E-state index is 0.664. The van der Waals surface area contributed by atoms with Crippen LogP contribution in [-0.2, 0) is 4.74 Å². The van der Waals surface area contributed by atoms with Gasteiger partial charge in [0, 0.05) is 18.5 Å². The van der Waals surface area contributed by atoms with Gasteiger partial charge in [-0.05, 0) is 19.4 Å². The van der Waals surface area contributed by atoms with Crippen LogP contribution in [0.2, 0.25) is 0 Å². The normalized spacial score (nSPS) is 13.4. The number of halogens is 1. The molecule has 0 saturated carbocycles. The lowest BCUT2D eigenvalue weighted by molar-refractivity contribution is 0.199. The first-order valence-corrected chi connectivity index (χ1v) is 5.06. The largest absolute Gasteiger partial charge is 0.383 e. The molecule has 11 heavy (non-hydrogen) atoms. The van der Waals surface area contributed by atoms with E-state index in [1.807, 2.05) is 0 Å². The molecule has 0 radical (unpaired) electrons. The Bertz CT molecular complexity index is 80.5. The van der Waals surface area contributed by atoms with Gasteiger partial charge < -0.3 is 10.1 Å². The maximum Gasteiger partial charge on any atom is 0.0587 e. The summed E-state index contributed by atoms with van der Waals surface area (Å²) in [6.07, 6.45) is 2.40. The molecule has 1 unspecified atom stereocenters. The van der Waals surface area contributed by atoms with Crippen molar-refractivity contribution in [3.63, 3.8) is 0 Å². The van der Waals surface area contributed by atoms with Crippen molar-refractivity contribution in [2.24, 2.45) is 0 Å². The molecule has 0 aromatic rings. The molecule has 1 N–H and O–H groups in total. The lowest BCUT2D eigenvalue weighted by atomic mass is 10.2. The molecule has 0 amide bonds. The Morgan fingerprint density at radius 3 is 2.73 bits per heavy atom. The van der Waals surface area contributed by atoms with Gasteiger partial charge >= 0.3 is 0 Å². The Labute approximate surface area is 77.8 Å². The average molecular weight is 224 g/mol. The molecule has 0 aromatic heterocycles. The fraction of sp³-hybridized carbons (Fsp3) is 1.00. The van der Waals surface area contributed by atoms with Crippen LogP contribution in [0.4, 0.5) is 0 Å². The molecule has 0 aliphatic rings. The first-order valence-electron chi connectivity index (χ1n) is 4.15. The van der Waals surface area contributed by atoms with E-state index in [0.29, 0.717) is 4.83 Å². The van der Waals surface area contributed by atoms with E-state index in [2.05, 4.69) is 28.2 Å². The monoisotopic (exact) mass is 223 g/mol. The predicted octanol–water partition coefficient (Wildman–Crippen LogP) is 1.79. The smallest absolute Gasteiger partial charge is 0.0587 e. The van der Waals surface area contributed by atoms with Crippen LogP contribution in [-0.4, -0.2) is 31.6 Å². The van der Waals surface area contributed by atoms with Crippen molar-refractivity contribution in [3.05, 3.63) is 0 Å². The maximum atomic E-state index is 4.90. The second-order valence-electron chi connectivity index (χ2n) is 2.54. The average Bonchev–Trinajstić information content (AvgIpc) is 2.04. The van der Waals surface area contributed by atoms with E-state index in [0.717, 1.165) is 19.7 Å². The summed E-state index contributed by atoms with van der Waals surface area (Å²) in [4.78, 5) is 0.664. The molecule has 0 aliphatic carbocycles. The van der Waals surface area contributed by atoms with Gasteiger partial charge in [-0.15, -0.1) is 0 Å².